The lowest BCUT2D eigenvalue weighted by Crippen LogP contribution is -2.52. The number of carbonyl (C=O) groups is 2. The molecule has 0 radical (unpaired) electrons. The molecular formula is C14H25N3O2. The number of hydrogen-bond acceptors (Lipinski definition) is 3. The van der Waals surface area contributed by atoms with Gasteiger partial charge in [0.25, 0.3) is 0 Å². The van der Waals surface area contributed by atoms with Crippen LogP contribution in [-0.2, 0) is 9.59 Å². The quantitative estimate of drug-likeness (QED) is 0.814. The molecule has 108 valence electrons. The van der Waals surface area contributed by atoms with Gasteiger partial charge in [-0.2, -0.15) is 0 Å². The fraction of sp³-hybridized carbons (Fsp3) is 0.857. The van der Waals surface area contributed by atoms with Crippen molar-refractivity contribution in [3.8, 4) is 0 Å². The van der Waals surface area contributed by atoms with Gasteiger partial charge < -0.3 is 15.1 Å². The number of amides is 2. The van der Waals surface area contributed by atoms with Crippen molar-refractivity contribution in [3.05, 3.63) is 0 Å². The molecule has 1 heterocycles. The summed E-state index contributed by atoms with van der Waals surface area (Å²) in [5.41, 5.74) is 0. The van der Waals surface area contributed by atoms with Crippen LogP contribution < -0.4 is 5.32 Å². The van der Waals surface area contributed by atoms with Gasteiger partial charge in [-0.15, -0.1) is 0 Å². The Bertz CT molecular complexity index is 319. The molecule has 5 nitrogen and oxygen atoms in total. The van der Waals surface area contributed by atoms with Crippen LogP contribution >= 0.6 is 0 Å². The molecule has 1 saturated heterocycles. The van der Waals surface area contributed by atoms with Crippen molar-refractivity contribution in [2.24, 2.45) is 0 Å². The third kappa shape index (κ3) is 4.20. The molecule has 5 heteroatoms. The van der Waals surface area contributed by atoms with Gasteiger partial charge in [0.1, 0.15) is 0 Å². The monoisotopic (exact) mass is 267 g/mol. The summed E-state index contributed by atoms with van der Waals surface area (Å²) in [5.74, 6) is 0.279. The Labute approximate surface area is 115 Å². The van der Waals surface area contributed by atoms with Crippen molar-refractivity contribution in [3.63, 3.8) is 0 Å². The summed E-state index contributed by atoms with van der Waals surface area (Å²) < 4.78 is 0. The van der Waals surface area contributed by atoms with Crippen molar-refractivity contribution in [1.29, 1.82) is 0 Å². The van der Waals surface area contributed by atoms with E-state index in [4.69, 9.17) is 0 Å². The van der Waals surface area contributed by atoms with E-state index in [0.717, 1.165) is 0 Å². The molecule has 0 spiro atoms. The van der Waals surface area contributed by atoms with Gasteiger partial charge >= 0.3 is 0 Å². The highest BCUT2D eigenvalue weighted by molar-refractivity contribution is 5.79. The molecule has 19 heavy (non-hydrogen) atoms. The molecule has 0 atom stereocenters. The minimum Gasteiger partial charge on any atom is -0.339 e. The summed E-state index contributed by atoms with van der Waals surface area (Å²) in [4.78, 5) is 27.0. The lowest BCUT2D eigenvalue weighted by atomic mass is 9.95. The second-order valence-electron chi connectivity index (χ2n) is 5.60. The molecule has 0 unspecified atom stereocenters. The van der Waals surface area contributed by atoms with Crippen LogP contribution in [0.15, 0.2) is 0 Å². The zero-order valence-corrected chi connectivity index (χ0v) is 11.9. The average Bonchev–Trinajstić information content (AvgIpc) is 2.46. The van der Waals surface area contributed by atoms with E-state index >= 15 is 0 Å². The van der Waals surface area contributed by atoms with Crippen LogP contribution in [-0.4, -0.2) is 60.4 Å². The molecule has 0 aromatic carbocycles. The molecule has 1 aliphatic heterocycles. The summed E-state index contributed by atoms with van der Waals surface area (Å²) in [5, 5.41) is 3.38. The van der Waals surface area contributed by atoms with Gasteiger partial charge in [-0.25, -0.2) is 0 Å². The summed E-state index contributed by atoms with van der Waals surface area (Å²) in [6.45, 7) is 4.72. The van der Waals surface area contributed by atoms with Gasteiger partial charge in [-0.1, -0.05) is 19.3 Å². The minimum absolute atomic E-state index is 0.104. The Hall–Kier alpha value is -1.10. The molecule has 2 amide bonds. The van der Waals surface area contributed by atoms with Gasteiger partial charge in [0.2, 0.25) is 11.8 Å². The predicted octanol–water partition coefficient (Wildman–Crippen LogP) is 0.599. The van der Waals surface area contributed by atoms with Crippen molar-refractivity contribution in [1.82, 2.24) is 15.1 Å². The number of carbonyl (C=O) groups excluding carboxylic acids is 2. The Balaban J connectivity index is 1.67. The third-order valence-corrected chi connectivity index (χ3v) is 4.22. The van der Waals surface area contributed by atoms with Crippen molar-refractivity contribution in [2.75, 3.05) is 32.7 Å². The first-order valence-electron chi connectivity index (χ1n) is 7.43. The molecule has 0 aromatic rings. The maximum atomic E-state index is 12.1. The topological polar surface area (TPSA) is 52.7 Å². The van der Waals surface area contributed by atoms with Crippen LogP contribution in [0.2, 0.25) is 0 Å². The zero-order valence-electron chi connectivity index (χ0n) is 11.9. The number of rotatable bonds is 3. The Morgan fingerprint density at radius 2 is 1.58 bits per heavy atom. The molecule has 0 aromatic heterocycles. The van der Waals surface area contributed by atoms with Crippen LogP contribution in [0.5, 0.6) is 0 Å². The van der Waals surface area contributed by atoms with Crippen LogP contribution in [0, 0.1) is 0 Å². The summed E-state index contributed by atoms with van der Waals surface area (Å²) in [6, 6.07) is 0.524. The van der Waals surface area contributed by atoms with Crippen molar-refractivity contribution in [2.45, 2.75) is 45.1 Å². The number of piperazine rings is 1. The van der Waals surface area contributed by atoms with E-state index in [1.54, 1.807) is 11.8 Å². The molecule has 1 N–H and O–H groups in total. The summed E-state index contributed by atoms with van der Waals surface area (Å²) in [6.07, 6.45) is 6.29. The van der Waals surface area contributed by atoms with E-state index in [1.165, 1.54) is 32.1 Å². The van der Waals surface area contributed by atoms with Crippen LogP contribution in [0.1, 0.15) is 39.0 Å². The van der Waals surface area contributed by atoms with Crippen LogP contribution in [0.25, 0.3) is 0 Å². The number of hydrogen-bond donors (Lipinski definition) is 1. The zero-order chi connectivity index (χ0) is 13.7. The fourth-order valence-electron chi connectivity index (χ4n) is 2.92. The molecule has 2 aliphatic rings. The lowest BCUT2D eigenvalue weighted by Gasteiger charge is -2.34. The number of nitrogens with one attached hydrogen (secondary N) is 1. The average molecular weight is 267 g/mol. The minimum atomic E-state index is 0.104. The lowest BCUT2D eigenvalue weighted by molar-refractivity contribution is -0.137. The Kier molecular flexibility index (Phi) is 5.19. The van der Waals surface area contributed by atoms with Gasteiger partial charge in [-0.3, -0.25) is 9.59 Å². The van der Waals surface area contributed by atoms with Crippen molar-refractivity contribution < 1.29 is 9.59 Å². The maximum Gasteiger partial charge on any atom is 0.236 e. The standard InChI is InChI=1S/C14H25N3O2/c1-12(18)16-7-9-17(10-8-16)14(19)11-15-13-5-3-2-4-6-13/h13,15H,2-11H2,1H3. The Morgan fingerprint density at radius 3 is 2.16 bits per heavy atom. The smallest absolute Gasteiger partial charge is 0.236 e. The molecular weight excluding hydrogens is 242 g/mol. The second kappa shape index (κ2) is 6.89. The van der Waals surface area contributed by atoms with Gasteiger partial charge in [0.05, 0.1) is 6.54 Å². The fourth-order valence-corrected chi connectivity index (χ4v) is 2.92. The maximum absolute atomic E-state index is 12.1. The Morgan fingerprint density at radius 1 is 1.00 bits per heavy atom. The molecule has 0 bridgehead atoms. The SMILES string of the molecule is CC(=O)N1CCN(C(=O)CNC2CCCCC2)CC1. The highest BCUT2D eigenvalue weighted by Crippen LogP contribution is 2.17. The van der Waals surface area contributed by atoms with Crippen LogP contribution in [0.3, 0.4) is 0 Å². The molecule has 2 fully saturated rings. The van der Waals surface area contributed by atoms with Gasteiger partial charge in [0, 0.05) is 39.1 Å². The third-order valence-electron chi connectivity index (χ3n) is 4.22. The first-order valence-corrected chi connectivity index (χ1v) is 7.43. The second-order valence-corrected chi connectivity index (χ2v) is 5.60. The normalized spacial score (nSPS) is 21.5. The van der Waals surface area contributed by atoms with E-state index in [-0.39, 0.29) is 11.8 Å². The summed E-state index contributed by atoms with van der Waals surface area (Å²) >= 11 is 0. The molecule has 1 aliphatic carbocycles. The highest BCUT2D eigenvalue weighted by Gasteiger charge is 2.22. The predicted molar refractivity (Wildman–Crippen MR) is 73.7 cm³/mol. The van der Waals surface area contributed by atoms with Gasteiger partial charge in [0.15, 0.2) is 0 Å². The number of nitrogens with zero attached hydrogens (tertiary/aromatic N) is 2. The van der Waals surface area contributed by atoms with E-state index in [0.29, 0.717) is 38.8 Å². The molecule has 1 saturated carbocycles. The van der Waals surface area contributed by atoms with Gasteiger partial charge in [-0.05, 0) is 12.8 Å². The van der Waals surface area contributed by atoms with E-state index < -0.39 is 0 Å². The van der Waals surface area contributed by atoms with E-state index in [9.17, 15) is 9.59 Å². The van der Waals surface area contributed by atoms with E-state index in [2.05, 4.69) is 5.32 Å². The highest BCUT2D eigenvalue weighted by atomic mass is 16.2. The summed E-state index contributed by atoms with van der Waals surface area (Å²) in [7, 11) is 0. The first-order chi connectivity index (χ1) is 9.16. The first kappa shape index (κ1) is 14.3. The molecule has 2 rings (SSSR count). The largest absolute Gasteiger partial charge is 0.339 e. The van der Waals surface area contributed by atoms with E-state index in [1.807, 2.05) is 4.90 Å². The van der Waals surface area contributed by atoms with Crippen LogP contribution in [0.4, 0.5) is 0 Å². The van der Waals surface area contributed by atoms with Crippen molar-refractivity contribution >= 4 is 11.8 Å².